The van der Waals surface area contributed by atoms with E-state index in [-0.39, 0.29) is 45.2 Å². The van der Waals surface area contributed by atoms with Crippen molar-refractivity contribution in [3.63, 3.8) is 0 Å². The SMILES string of the molecule is CC[C@]1(C)C(=O)CC[C@@]2(C)[C@H]1CC[C@]1(C)[C@@H]2C(=O)C=C2[C@@H]3C[C@@](C)(C(=O)OCC(F)(F)F)CC[C@]3(C)CC[C@]21C. The number of carbonyl (C=O) groups is 3. The van der Waals surface area contributed by atoms with Crippen molar-refractivity contribution in [2.24, 2.45) is 50.2 Å². The predicted molar refractivity (Wildman–Crippen MR) is 146 cm³/mol. The number of halogens is 3. The standard InChI is InChI=1S/C33H47F3O4/c1-8-29(4)23-9-12-32(7)25(30(23,5)11-10-24(29)38)22(37)17-20-21-18-28(3,26(39)40-19-33(34,35)36)14-13-27(21,2)15-16-31(20,32)6/h17,21,23,25H,8-16,18-19H2,1-7H3/t21-,23-,25+,27+,28-,29-,30-,31+,32+/m0/s1. The zero-order valence-corrected chi connectivity index (χ0v) is 25.4. The molecule has 5 aliphatic carbocycles. The normalized spacial score (nSPS) is 48.8. The van der Waals surface area contributed by atoms with Gasteiger partial charge >= 0.3 is 12.1 Å². The lowest BCUT2D eigenvalue weighted by Crippen LogP contribution is -2.66. The van der Waals surface area contributed by atoms with Crippen molar-refractivity contribution >= 4 is 17.5 Å². The Balaban J connectivity index is 1.54. The lowest BCUT2D eigenvalue weighted by Gasteiger charge is -2.70. The van der Waals surface area contributed by atoms with Crippen molar-refractivity contribution in [1.82, 2.24) is 0 Å². The second-order valence-corrected chi connectivity index (χ2v) is 15.6. The maximum atomic E-state index is 14.4. The molecule has 0 unspecified atom stereocenters. The fraction of sp³-hybridized carbons (Fsp3) is 0.848. The third-order valence-electron chi connectivity index (χ3n) is 13.7. The molecule has 0 aromatic carbocycles. The first-order chi connectivity index (χ1) is 18.3. The van der Waals surface area contributed by atoms with Crippen LogP contribution in [0.15, 0.2) is 11.6 Å². The molecule has 4 nitrogen and oxygen atoms in total. The number of carbonyl (C=O) groups excluding carboxylic acids is 3. The maximum Gasteiger partial charge on any atom is 0.422 e. The molecular formula is C33H47F3O4. The van der Waals surface area contributed by atoms with Gasteiger partial charge in [-0.25, -0.2) is 0 Å². The molecule has 0 spiro atoms. The van der Waals surface area contributed by atoms with Gasteiger partial charge in [0.1, 0.15) is 5.78 Å². The molecule has 0 radical (unpaired) electrons. The van der Waals surface area contributed by atoms with Crippen molar-refractivity contribution in [3.8, 4) is 0 Å². The molecule has 0 N–H and O–H groups in total. The van der Waals surface area contributed by atoms with E-state index in [1.165, 1.54) is 0 Å². The lowest BCUT2D eigenvalue weighted by atomic mass is 9.33. The predicted octanol–water partition coefficient (Wildman–Crippen LogP) is 8.03. The molecule has 9 atom stereocenters. The molecule has 0 aromatic rings. The van der Waals surface area contributed by atoms with Crippen molar-refractivity contribution in [1.29, 1.82) is 0 Å². The Morgan fingerprint density at radius 2 is 1.62 bits per heavy atom. The Labute approximate surface area is 237 Å². The van der Waals surface area contributed by atoms with Crippen LogP contribution in [0, 0.1) is 50.2 Å². The van der Waals surface area contributed by atoms with E-state index >= 15 is 0 Å². The van der Waals surface area contributed by atoms with Crippen LogP contribution in [0.5, 0.6) is 0 Å². The van der Waals surface area contributed by atoms with Crippen LogP contribution in [-0.4, -0.2) is 30.3 Å². The van der Waals surface area contributed by atoms with Crippen molar-refractivity contribution in [3.05, 3.63) is 11.6 Å². The van der Waals surface area contributed by atoms with E-state index in [0.717, 1.165) is 44.1 Å². The molecule has 0 aliphatic heterocycles. The second-order valence-electron chi connectivity index (χ2n) is 15.6. The number of esters is 1. The van der Waals surface area contributed by atoms with Gasteiger partial charge in [-0.1, -0.05) is 47.1 Å². The van der Waals surface area contributed by atoms with Gasteiger partial charge in [0.05, 0.1) is 5.41 Å². The summed E-state index contributed by atoms with van der Waals surface area (Å²) in [6, 6.07) is 0. The maximum absolute atomic E-state index is 14.4. The summed E-state index contributed by atoms with van der Waals surface area (Å²) < 4.78 is 43.3. The summed E-state index contributed by atoms with van der Waals surface area (Å²) in [7, 11) is 0. The Morgan fingerprint density at radius 3 is 2.25 bits per heavy atom. The molecule has 224 valence electrons. The van der Waals surface area contributed by atoms with Crippen molar-refractivity contribution in [2.75, 3.05) is 6.61 Å². The topological polar surface area (TPSA) is 60.4 Å². The van der Waals surface area contributed by atoms with E-state index in [1.807, 2.05) is 6.08 Å². The van der Waals surface area contributed by atoms with Crippen molar-refractivity contribution < 1.29 is 32.3 Å². The van der Waals surface area contributed by atoms with E-state index in [0.29, 0.717) is 31.5 Å². The third-order valence-corrected chi connectivity index (χ3v) is 13.7. The second kappa shape index (κ2) is 8.92. The van der Waals surface area contributed by atoms with Crippen molar-refractivity contribution in [2.45, 2.75) is 119 Å². The molecule has 5 rings (SSSR count). The monoisotopic (exact) mass is 564 g/mol. The largest absolute Gasteiger partial charge is 0.456 e. The van der Waals surface area contributed by atoms with Gasteiger partial charge in [-0.15, -0.1) is 0 Å². The minimum absolute atomic E-state index is 0.0652. The Kier molecular flexibility index (Phi) is 6.65. The summed E-state index contributed by atoms with van der Waals surface area (Å²) >= 11 is 0. The number of hydrogen-bond acceptors (Lipinski definition) is 4. The number of hydrogen-bond donors (Lipinski definition) is 0. The molecule has 0 bridgehead atoms. The Bertz CT molecular complexity index is 1160. The van der Waals surface area contributed by atoms with E-state index in [4.69, 9.17) is 4.74 Å². The number of ketones is 2. The molecule has 0 saturated heterocycles. The molecule has 0 aromatic heterocycles. The van der Waals surface area contributed by atoms with Gasteiger partial charge in [0.25, 0.3) is 0 Å². The quantitative estimate of drug-likeness (QED) is 0.326. The highest BCUT2D eigenvalue weighted by molar-refractivity contribution is 5.96. The highest BCUT2D eigenvalue weighted by Gasteiger charge is 2.70. The number of alkyl halides is 3. The lowest BCUT2D eigenvalue weighted by molar-refractivity contribution is -0.199. The van der Waals surface area contributed by atoms with Gasteiger partial charge in [-0.3, -0.25) is 14.4 Å². The molecule has 0 heterocycles. The minimum atomic E-state index is -4.56. The average Bonchev–Trinajstić information content (AvgIpc) is 2.86. The van der Waals surface area contributed by atoms with Gasteiger partial charge < -0.3 is 4.74 Å². The fourth-order valence-corrected chi connectivity index (χ4v) is 10.8. The van der Waals surface area contributed by atoms with Crippen LogP contribution < -0.4 is 0 Å². The van der Waals surface area contributed by atoms with Crippen LogP contribution in [0.2, 0.25) is 0 Å². The van der Waals surface area contributed by atoms with Crippen LogP contribution in [0.25, 0.3) is 0 Å². The summed E-state index contributed by atoms with van der Waals surface area (Å²) in [5.41, 5.74) is -1.26. The van der Waals surface area contributed by atoms with Crippen LogP contribution >= 0.6 is 0 Å². The molecule has 4 fully saturated rings. The van der Waals surface area contributed by atoms with Gasteiger partial charge in [0.2, 0.25) is 0 Å². The molecular weight excluding hydrogens is 517 g/mol. The van der Waals surface area contributed by atoms with E-state index < -0.39 is 29.6 Å². The summed E-state index contributed by atoms with van der Waals surface area (Å²) in [6.45, 7) is 13.5. The number of allylic oxidation sites excluding steroid dienone is 2. The summed E-state index contributed by atoms with van der Waals surface area (Å²) in [5, 5.41) is 0. The Morgan fingerprint density at radius 1 is 0.975 bits per heavy atom. The highest BCUT2D eigenvalue weighted by Crippen LogP contribution is 2.75. The van der Waals surface area contributed by atoms with Crippen LogP contribution in [0.4, 0.5) is 13.2 Å². The minimum Gasteiger partial charge on any atom is -0.456 e. The zero-order valence-electron chi connectivity index (χ0n) is 25.4. The van der Waals surface area contributed by atoms with Gasteiger partial charge in [0, 0.05) is 17.8 Å². The average molecular weight is 565 g/mol. The number of fused-ring (bicyclic) bond motifs is 7. The molecule has 4 saturated carbocycles. The molecule has 0 amide bonds. The number of ether oxygens (including phenoxy) is 1. The zero-order chi connectivity index (χ0) is 29.7. The van der Waals surface area contributed by atoms with Crippen LogP contribution in [-0.2, 0) is 19.1 Å². The van der Waals surface area contributed by atoms with E-state index in [1.54, 1.807) is 6.92 Å². The molecule has 40 heavy (non-hydrogen) atoms. The van der Waals surface area contributed by atoms with E-state index in [2.05, 4.69) is 41.5 Å². The van der Waals surface area contributed by atoms with E-state index in [9.17, 15) is 27.6 Å². The highest BCUT2D eigenvalue weighted by atomic mass is 19.4. The first kappa shape index (κ1) is 29.8. The summed E-state index contributed by atoms with van der Waals surface area (Å²) in [6.07, 6.45) is 4.67. The molecule has 7 heteroatoms. The smallest absolute Gasteiger partial charge is 0.422 e. The van der Waals surface area contributed by atoms with Crippen LogP contribution in [0.3, 0.4) is 0 Å². The van der Waals surface area contributed by atoms with Gasteiger partial charge in [0.15, 0.2) is 12.4 Å². The number of rotatable bonds is 3. The first-order valence-corrected chi connectivity index (χ1v) is 15.3. The van der Waals surface area contributed by atoms with Gasteiger partial charge in [-0.05, 0) is 104 Å². The third kappa shape index (κ3) is 3.94. The Hall–Kier alpha value is -1.66. The fourth-order valence-electron chi connectivity index (χ4n) is 10.8. The summed E-state index contributed by atoms with van der Waals surface area (Å²) in [4.78, 5) is 40.6. The van der Waals surface area contributed by atoms with Crippen LogP contribution in [0.1, 0.15) is 113 Å². The first-order valence-electron chi connectivity index (χ1n) is 15.3. The van der Waals surface area contributed by atoms with Gasteiger partial charge in [-0.2, -0.15) is 13.2 Å². The number of Topliss-reactive ketones (excluding diaryl/α,β-unsaturated/α-hetero) is 1. The molecule has 5 aliphatic rings. The summed E-state index contributed by atoms with van der Waals surface area (Å²) in [5.74, 6) is -0.385.